The number of carbonyl (C=O) groups excluding carboxylic acids is 1. The van der Waals surface area contributed by atoms with Crippen LogP contribution >= 0.6 is 0 Å². The number of alkyl halides is 3. The van der Waals surface area contributed by atoms with Crippen molar-refractivity contribution in [3.63, 3.8) is 0 Å². The number of carbonyl (C=O) groups is 1. The number of hydrogen-bond donors (Lipinski definition) is 0. The summed E-state index contributed by atoms with van der Waals surface area (Å²) in [7, 11) is 0. The highest BCUT2D eigenvalue weighted by molar-refractivity contribution is 5.81. The summed E-state index contributed by atoms with van der Waals surface area (Å²) in [6, 6.07) is 1.05. The van der Waals surface area contributed by atoms with Gasteiger partial charge in [-0.1, -0.05) is 0 Å². The minimum atomic E-state index is -4.54. The van der Waals surface area contributed by atoms with Crippen LogP contribution in [0.5, 0.6) is 0 Å². The summed E-state index contributed by atoms with van der Waals surface area (Å²) >= 11 is 0. The van der Waals surface area contributed by atoms with Crippen LogP contribution < -0.4 is 0 Å². The maximum atomic E-state index is 13.3. The normalized spacial score (nSPS) is 22.3. The van der Waals surface area contributed by atoms with Crippen LogP contribution in [0.25, 0.3) is 5.78 Å². The first-order valence-electron chi connectivity index (χ1n) is 8.62. The third kappa shape index (κ3) is 3.13. The molecule has 10 heteroatoms. The van der Waals surface area contributed by atoms with Crippen LogP contribution in [0, 0.1) is 0 Å². The van der Waals surface area contributed by atoms with E-state index in [0.29, 0.717) is 42.7 Å². The van der Waals surface area contributed by atoms with Crippen molar-refractivity contribution in [3.05, 3.63) is 23.8 Å². The summed E-state index contributed by atoms with van der Waals surface area (Å²) in [5, 5.41) is 3.61. The van der Waals surface area contributed by atoms with Crippen LogP contribution in [0.4, 0.5) is 13.2 Å². The molecule has 0 unspecified atom stereocenters. The molecule has 2 aromatic heterocycles. The van der Waals surface area contributed by atoms with E-state index in [1.165, 1.54) is 0 Å². The number of ether oxygens (including phenoxy) is 1. The van der Waals surface area contributed by atoms with E-state index >= 15 is 0 Å². The first kappa shape index (κ1) is 17.2. The lowest BCUT2D eigenvalue weighted by molar-refractivity contribution is -0.142. The van der Waals surface area contributed by atoms with E-state index in [-0.39, 0.29) is 23.7 Å². The first-order chi connectivity index (χ1) is 12.4. The van der Waals surface area contributed by atoms with Crippen LogP contribution in [0.3, 0.4) is 0 Å². The van der Waals surface area contributed by atoms with Gasteiger partial charge in [-0.2, -0.15) is 27.8 Å². The number of hydrogen-bond acceptors (Lipinski definition) is 5. The zero-order valence-electron chi connectivity index (χ0n) is 13.9. The van der Waals surface area contributed by atoms with E-state index < -0.39 is 11.9 Å². The molecule has 140 valence electrons. The van der Waals surface area contributed by atoms with Gasteiger partial charge in [-0.15, -0.1) is 0 Å². The maximum absolute atomic E-state index is 13.3. The molecule has 0 saturated carbocycles. The third-order valence-electron chi connectivity index (χ3n) is 4.99. The van der Waals surface area contributed by atoms with Gasteiger partial charge in [-0.25, -0.2) is 4.98 Å². The predicted octanol–water partition coefficient (Wildman–Crippen LogP) is 2.03. The van der Waals surface area contributed by atoms with Gasteiger partial charge in [0.15, 0.2) is 5.69 Å². The van der Waals surface area contributed by atoms with Gasteiger partial charge in [0.05, 0.1) is 0 Å². The van der Waals surface area contributed by atoms with E-state index in [9.17, 15) is 18.0 Å². The maximum Gasteiger partial charge on any atom is 0.433 e. The lowest BCUT2D eigenvalue weighted by Gasteiger charge is -2.33. The average molecular weight is 369 g/mol. The molecule has 26 heavy (non-hydrogen) atoms. The Morgan fingerprint density at radius 3 is 2.65 bits per heavy atom. The highest BCUT2D eigenvalue weighted by Crippen LogP contribution is 2.33. The zero-order chi connectivity index (χ0) is 18.3. The van der Waals surface area contributed by atoms with Crippen molar-refractivity contribution in [2.24, 2.45) is 0 Å². The predicted molar refractivity (Wildman–Crippen MR) is 83.3 cm³/mol. The van der Waals surface area contributed by atoms with Gasteiger partial charge < -0.3 is 9.64 Å². The molecule has 2 saturated heterocycles. The van der Waals surface area contributed by atoms with Crippen molar-refractivity contribution in [1.29, 1.82) is 0 Å². The Bertz CT molecular complexity index is 808. The number of amides is 1. The van der Waals surface area contributed by atoms with Crippen LogP contribution in [0.1, 0.15) is 43.0 Å². The second-order valence-corrected chi connectivity index (χ2v) is 6.64. The topological polar surface area (TPSA) is 72.6 Å². The quantitative estimate of drug-likeness (QED) is 0.810. The van der Waals surface area contributed by atoms with E-state index in [2.05, 4.69) is 15.1 Å². The molecule has 2 fully saturated rings. The summed E-state index contributed by atoms with van der Waals surface area (Å²) < 4.78 is 46.0. The average Bonchev–Trinajstić information content (AvgIpc) is 3.31. The Morgan fingerprint density at radius 2 is 2.00 bits per heavy atom. The van der Waals surface area contributed by atoms with E-state index in [1.54, 1.807) is 4.90 Å². The Kier molecular flexibility index (Phi) is 4.29. The summed E-state index contributed by atoms with van der Waals surface area (Å²) in [6.07, 6.45) is -1.10. The van der Waals surface area contributed by atoms with Gasteiger partial charge >= 0.3 is 6.18 Å². The molecule has 1 atom stereocenters. The smallest absolute Gasteiger partial charge is 0.368 e. The van der Waals surface area contributed by atoms with Crippen molar-refractivity contribution < 1.29 is 22.7 Å². The standard InChI is InChI=1S/C16H18F3N5O2/c17-16(18,19)13-8-11(22-15-20-9-21-24(13)15)10-3-5-23(6-4-10)14(25)12-2-1-7-26-12/h8-10,12H,1-7H2/t12-/m0/s1. The molecule has 1 amide bonds. The number of aromatic nitrogens is 4. The number of piperidine rings is 1. The molecule has 0 aromatic carbocycles. The fourth-order valence-electron chi connectivity index (χ4n) is 3.61. The molecule has 2 aliphatic heterocycles. The molecule has 2 aliphatic rings. The Labute approximate surface area is 147 Å². The first-order valence-corrected chi connectivity index (χ1v) is 8.62. The Morgan fingerprint density at radius 1 is 1.23 bits per heavy atom. The summed E-state index contributed by atoms with van der Waals surface area (Å²) in [5.74, 6) is -0.225. The third-order valence-corrected chi connectivity index (χ3v) is 4.99. The highest BCUT2D eigenvalue weighted by Gasteiger charge is 2.37. The molecule has 2 aromatic rings. The molecular weight excluding hydrogens is 351 g/mol. The molecular formula is C16H18F3N5O2. The molecule has 0 spiro atoms. The van der Waals surface area contributed by atoms with Gasteiger partial charge in [0, 0.05) is 31.3 Å². The molecule has 0 aliphatic carbocycles. The lowest BCUT2D eigenvalue weighted by atomic mass is 9.92. The van der Waals surface area contributed by atoms with Gasteiger partial charge in [0.1, 0.15) is 12.4 Å². The fraction of sp³-hybridized carbons (Fsp3) is 0.625. The van der Waals surface area contributed by atoms with Crippen molar-refractivity contribution >= 4 is 11.7 Å². The monoisotopic (exact) mass is 369 g/mol. The lowest BCUT2D eigenvalue weighted by Crippen LogP contribution is -2.43. The number of likely N-dealkylation sites (tertiary alicyclic amines) is 1. The second kappa shape index (κ2) is 6.49. The van der Waals surface area contributed by atoms with Crippen LogP contribution in [-0.4, -0.2) is 56.2 Å². The van der Waals surface area contributed by atoms with Crippen molar-refractivity contribution in [2.45, 2.75) is 43.9 Å². The fourth-order valence-corrected chi connectivity index (χ4v) is 3.61. The zero-order valence-corrected chi connectivity index (χ0v) is 13.9. The molecule has 4 rings (SSSR count). The number of nitrogens with zero attached hydrogens (tertiary/aromatic N) is 5. The summed E-state index contributed by atoms with van der Waals surface area (Å²) in [6.45, 7) is 1.59. The number of halogens is 3. The van der Waals surface area contributed by atoms with Crippen molar-refractivity contribution in [1.82, 2.24) is 24.5 Å². The minimum Gasteiger partial charge on any atom is -0.368 e. The highest BCUT2D eigenvalue weighted by atomic mass is 19.4. The van der Waals surface area contributed by atoms with Gasteiger partial charge in [0.25, 0.3) is 11.7 Å². The van der Waals surface area contributed by atoms with Crippen LogP contribution in [-0.2, 0) is 15.7 Å². The molecule has 0 radical (unpaired) electrons. The summed E-state index contributed by atoms with van der Waals surface area (Å²) in [4.78, 5) is 22.2. The van der Waals surface area contributed by atoms with Gasteiger partial charge in [-0.3, -0.25) is 4.79 Å². The Hall–Kier alpha value is -2.23. The largest absolute Gasteiger partial charge is 0.433 e. The minimum absolute atomic E-state index is 0.0159. The van der Waals surface area contributed by atoms with Crippen molar-refractivity contribution in [2.75, 3.05) is 19.7 Å². The van der Waals surface area contributed by atoms with E-state index in [0.717, 1.165) is 25.2 Å². The van der Waals surface area contributed by atoms with E-state index in [4.69, 9.17) is 4.74 Å². The summed E-state index contributed by atoms with van der Waals surface area (Å²) in [5.41, 5.74) is -0.532. The Balaban J connectivity index is 1.51. The molecule has 4 heterocycles. The molecule has 7 nitrogen and oxygen atoms in total. The SMILES string of the molecule is O=C([C@@H]1CCCO1)N1CCC(c2cc(C(F)(F)F)n3ncnc3n2)CC1. The second-order valence-electron chi connectivity index (χ2n) is 6.64. The van der Waals surface area contributed by atoms with Gasteiger partial charge in [-0.05, 0) is 31.7 Å². The molecule has 0 N–H and O–H groups in total. The van der Waals surface area contributed by atoms with E-state index in [1.807, 2.05) is 0 Å². The van der Waals surface area contributed by atoms with Crippen LogP contribution in [0.2, 0.25) is 0 Å². The van der Waals surface area contributed by atoms with Gasteiger partial charge in [0.2, 0.25) is 0 Å². The van der Waals surface area contributed by atoms with Crippen LogP contribution in [0.15, 0.2) is 12.4 Å². The number of rotatable bonds is 2. The molecule has 0 bridgehead atoms. The number of fused-ring (bicyclic) bond motifs is 1. The van der Waals surface area contributed by atoms with Crippen molar-refractivity contribution in [3.8, 4) is 0 Å².